The highest BCUT2D eigenvalue weighted by Gasteiger charge is 2.59. The first-order chi connectivity index (χ1) is 37.5. The van der Waals surface area contributed by atoms with Gasteiger partial charge in [-0.3, -0.25) is 19.3 Å². The van der Waals surface area contributed by atoms with Crippen LogP contribution >= 0.6 is 24.4 Å². The number of likely N-dealkylation sites (tertiary alicyclic amines) is 2. The molecule has 3 amide bonds. The lowest BCUT2D eigenvalue weighted by Crippen LogP contribution is -2.59. The summed E-state index contributed by atoms with van der Waals surface area (Å²) in [5, 5.41) is 24.6. The monoisotopic (exact) mass is 1130 g/mol. The lowest BCUT2D eigenvalue weighted by Gasteiger charge is -2.46. The molecular formula is C60H69F2N9O5S2Si. The van der Waals surface area contributed by atoms with Crippen LogP contribution in [0.5, 0.6) is 0 Å². The van der Waals surface area contributed by atoms with Crippen LogP contribution < -0.4 is 15.1 Å². The molecule has 4 aromatic rings. The Bertz CT molecular complexity index is 3160. The lowest BCUT2D eigenvalue weighted by molar-refractivity contribution is -0.141. The second-order valence-corrected chi connectivity index (χ2v) is 28.0. The minimum atomic E-state index is -1.80. The molecule has 14 nitrogen and oxygen atoms in total. The molecule has 5 fully saturated rings. The van der Waals surface area contributed by atoms with Gasteiger partial charge in [-0.2, -0.15) is 10.3 Å². The molecule has 414 valence electrons. The molecule has 2 N–H and O–H groups in total. The topological polar surface area (TPSA) is 151 Å². The van der Waals surface area contributed by atoms with E-state index < -0.39 is 25.5 Å². The molecule has 5 aliphatic rings. The summed E-state index contributed by atoms with van der Waals surface area (Å²) in [4.78, 5) is 55.6. The van der Waals surface area contributed by atoms with E-state index >= 15 is 4.39 Å². The molecule has 0 atom stereocenters. The third-order valence-electron chi connectivity index (χ3n) is 16.1. The number of nitrogens with one attached hydrogen (secondary N) is 1. The first-order valence-corrected chi connectivity index (χ1v) is 30.6. The molecule has 4 aromatic carbocycles. The number of carbonyl (C=O) groups excluding carboxylic acids is 3. The second kappa shape index (κ2) is 25.1. The van der Waals surface area contributed by atoms with Gasteiger partial charge in [0, 0.05) is 56.1 Å². The van der Waals surface area contributed by atoms with Gasteiger partial charge >= 0.3 is 0 Å². The van der Waals surface area contributed by atoms with Gasteiger partial charge in [0.2, 0.25) is 11.8 Å². The fraction of sp³-hybridized carbons (Fsp3) is 0.467. The number of benzene rings is 4. The Morgan fingerprint density at radius 1 is 0.835 bits per heavy atom. The average Bonchev–Trinajstić information content (AvgIpc) is 3.52. The molecule has 2 aliphatic carbocycles. The van der Waals surface area contributed by atoms with Crippen molar-refractivity contribution < 1.29 is 32.7 Å². The van der Waals surface area contributed by atoms with Crippen LogP contribution in [0.3, 0.4) is 0 Å². The first-order valence-electron chi connectivity index (χ1n) is 26.9. The Hall–Kier alpha value is -6.75. The number of nitrogens with zero attached hydrogens (tertiary/aromatic N) is 8. The highest BCUT2D eigenvalue weighted by molar-refractivity contribution is 7.81. The van der Waals surface area contributed by atoms with Crippen LogP contribution in [0.15, 0.2) is 77.8 Å². The van der Waals surface area contributed by atoms with E-state index in [0.717, 1.165) is 42.5 Å². The van der Waals surface area contributed by atoms with E-state index in [1.54, 1.807) is 58.3 Å². The summed E-state index contributed by atoms with van der Waals surface area (Å²) in [6, 6.07) is 22.8. The molecular weight excluding hydrogens is 1060 g/mol. The third-order valence-corrected chi connectivity index (χ3v) is 21.1. The van der Waals surface area contributed by atoms with Gasteiger partial charge in [0.05, 0.1) is 42.3 Å². The van der Waals surface area contributed by atoms with Crippen molar-refractivity contribution in [3.63, 3.8) is 0 Å². The molecule has 2 saturated carbocycles. The third kappa shape index (κ3) is 13.6. The number of aliphatic imine (C=N–C) groups is 1. The van der Waals surface area contributed by atoms with Gasteiger partial charge in [-0.1, -0.05) is 45.0 Å². The molecule has 0 aromatic heterocycles. The van der Waals surface area contributed by atoms with Crippen molar-refractivity contribution in [2.45, 2.75) is 153 Å². The molecule has 9 rings (SSSR count). The van der Waals surface area contributed by atoms with Crippen LogP contribution in [0, 0.1) is 50.0 Å². The highest BCUT2D eigenvalue weighted by atomic mass is 32.1. The van der Waals surface area contributed by atoms with Gasteiger partial charge in [-0.15, -0.1) is 0 Å². The number of nitriles is 1. The second-order valence-electron chi connectivity index (χ2n) is 22.7. The minimum Gasteiger partial charge on any atom is -0.410 e. The van der Waals surface area contributed by atoms with Crippen molar-refractivity contribution in [3.05, 3.63) is 130 Å². The molecule has 0 bridgehead atoms. The summed E-state index contributed by atoms with van der Waals surface area (Å²) in [6.07, 6.45) is 7.31. The van der Waals surface area contributed by atoms with Crippen LogP contribution in [0.2, 0.25) is 18.1 Å². The lowest BCUT2D eigenvalue weighted by atomic mass is 9.75. The highest BCUT2D eigenvalue weighted by Crippen LogP contribution is 2.48. The van der Waals surface area contributed by atoms with E-state index in [4.69, 9.17) is 29.8 Å². The maximum Gasteiger partial charge on any atom is 0.259 e. The quantitative estimate of drug-likeness (QED) is 0.0510. The van der Waals surface area contributed by atoms with Crippen LogP contribution in [0.4, 0.5) is 42.9 Å². The van der Waals surface area contributed by atoms with E-state index in [1.165, 1.54) is 17.0 Å². The maximum absolute atomic E-state index is 15.1. The average molecular weight is 1130 g/mol. The summed E-state index contributed by atoms with van der Waals surface area (Å²) in [5.74, 6) is -0.691. The fourth-order valence-electron chi connectivity index (χ4n) is 9.92. The van der Waals surface area contributed by atoms with Crippen LogP contribution in [-0.2, 0) is 31.7 Å². The Labute approximate surface area is 475 Å². The molecule has 3 heterocycles. The number of aliphatic hydroxyl groups is 1. The van der Waals surface area contributed by atoms with Gasteiger partial charge in [0.1, 0.15) is 22.7 Å². The van der Waals surface area contributed by atoms with Crippen LogP contribution in [0.1, 0.15) is 107 Å². The number of hydrogen-bond acceptors (Lipinski definition) is 10. The largest absolute Gasteiger partial charge is 0.410 e. The Morgan fingerprint density at radius 3 is 1.85 bits per heavy atom. The minimum absolute atomic E-state index is 0.0232. The van der Waals surface area contributed by atoms with Crippen molar-refractivity contribution in [2.24, 2.45) is 4.99 Å². The van der Waals surface area contributed by atoms with Gasteiger partial charge in [0.25, 0.3) is 5.91 Å². The van der Waals surface area contributed by atoms with E-state index in [1.807, 2.05) is 30.9 Å². The standard InChI is InChI=1S/C27H27FN4O3S.C24H36FN3O2Si.C9H6N2S/c1-17-13-19(9-10-23(17)29-2)31-25(35)27(11-4-12-27)32(26(31)36)20-8-7-18(22(28)14-20)5-3-6-24(34)30-15-21(33)16-30;1-23(2,3)31(4,5)30-20-15-28(16-20)22(29)9-6-8-18-10-11-19(14-21(18)25)27-24(17-26)12-7-13-24;1-7-5-8(11-6-12)3-4-9(7)10-2/h7-10,13-14,21,33H,3-6,11-12,15-16H2,1H3;10-11,14,20,27H,6-9,12-13,15-16H2,1-5H3;3-5H,1H3. The zero-order valence-corrected chi connectivity index (χ0v) is 48.8. The summed E-state index contributed by atoms with van der Waals surface area (Å²) in [5.41, 5.74) is 5.16. The SMILES string of the molecule is CC(C)(C)[Si](C)(C)OC1CN(C(=O)CCCc2ccc(NC3(C#N)CCC3)cc2F)C1.[C-]#[N+]c1ccc(N2C(=O)C3(CCC3)N(c3ccc(CCCC(=O)N4CC(O)C4)c(F)c3)C2=S)cc1C.[C-]#[N+]c1ccc(N=C=S)cc1C. The summed E-state index contributed by atoms with van der Waals surface area (Å²) in [7, 11) is -1.80. The molecule has 1 spiro atoms. The Morgan fingerprint density at radius 2 is 1.38 bits per heavy atom. The number of amides is 3. The van der Waals surface area contributed by atoms with Gasteiger partial charge in [-0.25, -0.2) is 18.5 Å². The maximum atomic E-state index is 15.1. The zero-order valence-electron chi connectivity index (χ0n) is 46.1. The molecule has 3 saturated heterocycles. The zero-order chi connectivity index (χ0) is 57.5. The first kappa shape index (κ1) is 59.9. The summed E-state index contributed by atoms with van der Waals surface area (Å²) >= 11 is 10.2. The van der Waals surface area contributed by atoms with Crippen molar-refractivity contribution in [1.82, 2.24) is 9.80 Å². The number of carbonyl (C=O) groups is 3. The fourth-order valence-corrected chi connectivity index (χ4v) is 11.8. The predicted octanol–water partition coefficient (Wildman–Crippen LogP) is 12.8. The summed E-state index contributed by atoms with van der Waals surface area (Å²) < 4.78 is 36.0. The molecule has 79 heavy (non-hydrogen) atoms. The van der Waals surface area contributed by atoms with Crippen molar-refractivity contribution in [3.8, 4) is 6.07 Å². The van der Waals surface area contributed by atoms with Crippen molar-refractivity contribution in [1.29, 1.82) is 5.26 Å². The number of β-amino-alcohol motifs (C(OH)–C–C–N with tert-alkyl or cyclic N) is 1. The molecule has 3 aliphatic heterocycles. The number of rotatable bonds is 15. The normalized spacial score (nSPS) is 17.2. The van der Waals surface area contributed by atoms with E-state index in [2.05, 4.69) is 77.3 Å². The van der Waals surface area contributed by atoms with Gasteiger partial charge in [-0.05, 0) is 191 Å². The smallest absolute Gasteiger partial charge is 0.259 e. The Kier molecular flexibility index (Phi) is 19.1. The number of anilines is 3. The molecule has 0 radical (unpaired) electrons. The van der Waals surface area contributed by atoms with Crippen LogP contribution in [0.25, 0.3) is 9.69 Å². The Balaban J connectivity index is 0.000000191. The number of aliphatic hydroxyl groups excluding tert-OH is 1. The number of isothiocyanates is 1. The van der Waals surface area contributed by atoms with E-state index in [0.29, 0.717) is 122 Å². The summed E-state index contributed by atoms with van der Waals surface area (Å²) in [6.45, 7) is 31.0. The van der Waals surface area contributed by atoms with Crippen molar-refractivity contribution in [2.75, 3.05) is 41.3 Å². The van der Waals surface area contributed by atoms with Crippen molar-refractivity contribution >= 4 is 94.9 Å². The predicted molar refractivity (Wildman–Crippen MR) is 314 cm³/mol. The number of thiocarbonyl (C=S) groups is 2. The number of hydrogen-bond donors (Lipinski definition) is 2. The van der Waals surface area contributed by atoms with Gasteiger partial charge < -0.3 is 29.5 Å². The van der Waals surface area contributed by atoms with E-state index in [-0.39, 0.29) is 40.5 Å². The molecule has 0 unspecified atom stereocenters. The van der Waals surface area contributed by atoms with Gasteiger partial charge in [0.15, 0.2) is 24.8 Å². The number of halogens is 2. The number of aryl methyl sites for hydroxylation is 4. The molecule has 19 heteroatoms. The van der Waals surface area contributed by atoms with E-state index in [9.17, 15) is 29.1 Å². The van der Waals surface area contributed by atoms with Crippen LogP contribution in [-0.4, -0.2) is 101 Å².